The predicted molar refractivity (Wildman–Crippen MR) is 78.5 cm³/mol. The SMILES string of the molecule is CCC1=C(C)C2CCCC(CCC3CCC1C3)C2. The van der Waals surface area contributed by atoms with Crippen LogP contribution >= 0.6 is 0 Å². The van der Waals surface area contributed by atoms with Crippen LogP contribution in [0.5, 0.6) is 0 Å². The molecule has 2 saturated carbocycles. The summed E-state index contributed by atoms with van der Waals surface area (Å²) in [5.41, 5.74) is 3.71. The van der Waals surface area contributed by atoms with E-state index in [1.54, 1.807) is 12.8 Å². The maximum Gasteiger partial charge on any atom is -0.0198 e. The average molecular weight is 246 g/mol. The van der Waals surface area contributed by atoms with Crippen LogP contribution in [0.4, 0.5) is 0 Å². The maximum absolute atomic E-state index is 2.49. The molecule has 0 aromatic rings. The minimum Gasteiger partial charge on any atom is -0.0707 e. The quantitative estimate of drug-likeness (QED) is 0.518. The van der Waals surface area contributed by atoms with Gasteiger partial charge in [0.25, 0.3) is 0 Å². The molecule has 0 nitrogen and oxygen atoms in total. The molecule has 0 N–H and O–H groups in total. The van der Waals surface area contributed by atoms with E-state index < -0.39 is 0 Å². The molecule has 4 bridgehead atoms. The predicted octanol–water partition coefficient (Wildman–Crippen LogP) is 5.73. The minimum absolute atomic E-state index is 0.954. The lowest BCUT2D eigenvalue weighted by Crippen LogP contribution is -2.20. The maximum atomic E-state index is 2.49. The second kappa shape index (κ2) is 5.39. The van der Waals surface area contributed by atoms with Crippen molar-refractivity contribution in [3.63, 3.8) is 0 Å². The highest BCUT2D eigenvalue weighted by molar-refractivity contribution is 5.20. The van der Waals surface area contributed by atoms with Crippen LogP contribution in [0.2, 0.25) is 0 Å². The Bertz CT molecular complexity index is 325. The Kier molecular flexibility index (Phi) is 3.82. The van der Waals surface area contributed by atoms with E-state index in [2.05, 4.69) is 13.8 Å². The van der Waals surface area contributed by atoms with Crippen molar-refractivity contribution in [3.05, 3.63) is 11.1 Å². The topological polar surface area (TPSA) is 0 Å². The largest absolute Gasteiger partial charge is 0.0707 e. The van der Waals surface area contributed by atoms with Crippen molar-refractivity contribution in [3.8, 4) is 0 Å². The Balaban J connectivity index is 1.90. The molecule has 0 saturated heterocycles. The average Bonchev–Trinajstić information content (AvgIpc) is 2.85. The van der Waals surface area contributed by atoms with E-state index in [-0.39, 0.29) is 0 Å². The van der Waals surface area contributed by atoms with E-state index >= 15 is 0 Å². The molecule has 4 atom stereocenters. The smallest absolute Gasteiger partial charge is 0.0198 e. The van der Waals surface area contributed by atoms with Crippen molar-refractivity contribution in [1.29, 1.82) is 0 Å². The monoisotopic (exact) mass is 246 g/mol. The molecule has 0 aromatic heterocycles. The fourth-order valence-electron chi connectivity index (χ4n) is 5.22. The van der Waals surface area contributed by atoms with Crippen LogP contribution in [-0.4, -0.2) is 0 Å². The van der Waals surface area contributed by atoms with Gasteiger partial charge in [-0.1, -0.05) is 43.8 Å². The fraction of sp³-hybridized carbons (Fsp3) is 0.889. The van der Waals surface area contributed by atoms with Gasteiger partial charge in [0, 0.05) is 0 Å². The lowest BCUT2D eigenvalue weighted by molar-refractivity contribution is 0.256. The highest BCUT2D eigenvalue weighted by Crippen LogP contribution is 2.46. The first-order valence-electron chi connectivity index (χ1n) is 8.47. The zero-order chi connectivity index (χ0) is 12.5. The lowest BCUT2D eigenvalue weighted by Gasteiger charge is -2.33. The van der Waals surface area contributed by atoms with Gasteiger partial charge in [0.15, 0.2) is 0 Å². The van der Waals surface area contributed by atoms with Crippen LogP contribution < -0.4 is 0 Å². The second-order valence-corrected chi connectivity index (χ2v) is 7.24. The standard InChI is InChI=1S/C18H30/c1-3-18-13(2)16-6-4-5-14(11-16)7-8-15-9-10-17(18)12-15/h14-17H,3-12H2,1-2H3. The lowest BCUT2D eigenvalue weighted by atomic mass is 9.72. The van der Waals surface area contributed by atoms with E-state index in [0.29, 0.717) is 0 Å². The van der Waals surface area contributed by atoms with Crippen molar-refractivity contribution in [1.82, 2.24) is 0 Å². The van der Waals surface area contributed by atoms with Crippen LogP contribution in [0.3, 0.4) is 0 Å². The molecule has 0 heteroatoms. The van der Waals surface area contributed by atoms with Crippen LogP contribution in [0.1, 0.15) is 78.1 Å². The molecule has 3 rings (SSSR count). The van der Waals surface area contributed by atoms with Gasteiger partial charge in [0.05, 0.1) is 0 Å². The van der Waals surface area contributed by atoms with Gasteiger partial charge in [0.2, 0.25) is 0 Å². The van der Waals surface area contributed by atoms with E-state index in [1.807, 2.05) is 11.1 Å². The molecular weight excluding hydrogens is 216 g/mol. The molecule has 3 aliphatic rings. The van der Waals surface area contributed by atoms with Crippen molar-refractivity contribution in [2.45, 2.75) is 78.1 Å². The molecule has 0 aliphatic heterocycles. The van der Waals surface area contributed by atoms with Crippen LogP contribution in [0.15, 0.2) is 11.1 Å². The van der Waals surface area contributed by atoms with E-state index in [4.69, 9.17) is 0 Å². The fourth-order valence-corrected chi connectivity index (χ4v) is 5.22. The van der Waals surface area contributed by atoms with E-state index in [0.717, 1.165) is 23.7 Å². The molecule has 18 heavy (non-hydrogen) atoms. The van der Waals surface area contributed by atoms with Gasteiger partial charge >= 0.3 is 0 Å². The number of hydrogen-bond acceptors (Lipinski definition) is 0. The summed E-state index contributed by atoms with van der Waals surface area (Å²) >= 11 is 0. The molecule has 2 fully saturated rings. The summed E-state index contributed by atoms with van der Waals surface area (Å²) in [6.07, 6.45) is 15.0. The minimum atomic E-state index is 0.954. The molecule has 0 spiro atoms. The zero-order valence-corrected chi connectivity index (χ0v) is 12.4. The van der Waals surface area contributed by atoms with Crippen molar-refractivity contribution in [2.75, 3.05) is 0 Å². The summed E-state index contributed by atoms with van der Waals surface area (Å²) in [5.74, 6) is 4.06. The van der Waals surface area contributed by atoms with Gasteiger partial charge in [0.1, 0.15) is 0 Å². The third kappa shape index (κ3) is 2.40. The Morgan fingerprint density at radius 2 is 1.50 bits per heavy atom. The van der Waals surface area contributed by atoms with Gasteiger partial charge in [-0.15, -0.1) is 0 Å². The van der Waals surface area contributed by atoms with Crippen molar-refractivity contribution < 1.29 is 0 Å². The van der Waals surface area contributed by atoms with Crippen LogP contribution in [0.25, 0.3) is 0 Å². The number of hydrogen-bond donors (Lipinski definition) is 0. The number of allylic oxidation sites excluding steroid dienone is 2. The number of rotatable bonds is 1. The Labute approximate surface area is 113 Å². The summed E-state index contributed by atoms with van der Waals surface area (Å²) in [4.78, 5) is 0. The van der Waals surface area contributed by atoms with Crippen molar-refractivity contribution >= 4 is 0 Å². The van der Waals surface area contributed by atoms with Gasteiger partial charge in [-0.25, -0.2) is 0 Å². The molecule has 3 aliphatic carbocycles. The Hall–Kier alpha value is -0.260. The summed E-state index contributed by atoms with van der Waals surface area (Å²) in [6.45, 7) is 4.89. The summed E-state index contributed by atoms with van der Waals surface area (Å²) < 4.78 is 0. The highest BCUT2D eigenvalue weighted by atomic mass is 14.4. The van der Waals surface area contributed by atoms with Crippen LogP contribution in [-0.2, 0) is 0 Å². The van der Waals surface area contributed by atoms with Gasteiger partial charge in [-0.05, 0) is 69.1 Å². The molecule has 4 unspecified atom stereocenters. The van der Waals surface area contributed by atoms with E-state index in [9.17, 15) is 0 Å². The third-order valence-corrected chi connectivity index (χ3v) is 6.30. The highest BCUT2D eigenvalue weighted by Gasteiger charge is 2.32. The first kappa shape index (κ1) is 12.8. The second-order valence-electron chi connectivity index (χ2n) is 7.24. The molecule has 102 valence electrons. The summed E-state index contributed by atoms with van der Waals surface area (Å²) in [6, 6.07) is 0. The molecule has 0 aromatic carbocycles. The molecular formula is C18H30. The number of fused-ring (bicyclic) bond motifs is 4. The molecule has 0 amide bonds. The van der Waals surface area contributed by atoms with Gasteiger partial charge in [-0.3, -0.25) is 0 Å². The molecule has 0 radical (unpaired) electrons. The van der Waals surface area contributed by atoms with Gasteiger partial charge in [-0.2, -0.15) is 0 Å². The van der Waals surface area contributed by atoms with Crippen LogP contribution in [0, 0.1) is 23.7 Å². The third-order valence-electron chi connectivity index (χ3n) is 6.30. The molecule has 0 heterocycles. The first-order chi connectivity index (χ1) is 8.78. The first-order valence-corrected chi connectivity index (χ1v) is 8.47. The zero-order valence-electron chi connectivity index (χ0n) is 12.4. The Morgan fingerprint density at radius 3 is 2.28 bits per heavy atom. The van der Waals surface area contributed by atoms with Crippen molar-refractivity contribution in [2.24, 2.45) is 23.7 Å². The summed E-state index contributed by atoms with van der Waals surface area (Å²) in [7, 11) is 0. The summed E-state index contributed by atoms with van der Waals surface area (Å²) in [5, 5.41) is 0. The Morgan fingerprint density at radius 1 is 0.833 bits per heavy atom. The van der Waals surface area contributed by atoms with Gasteiger partial charge < -0.3 is 0 Å². The van der Waals surface area contributed by atoms with E-state index in [1.165, 1.54) is 51.4 Å². The normalized spacial score (nSPS) is 41.0.